The average Bonchev–Trinajstić information content (AvgIpc) is 2.74. The highest BCUT2D eigenvalue weighted by Gasteiger charge is 2.35. The van der Waals surface area contributed by atoms with Gasteiger partial charge in [0.05, 0.1) is 0 Å². The summed E-state index contributed by atoms with van der Waals surface area (Å²) in [5.74, 6) is 2.34. The monoisotopic (exact) mass is 476 g/mol. The van der Waals surface area contributed by atoms with Gasteiger partial charge in [0.15, 0.2) is 11.5 Å². The molecule has 0 saturated heterocycles. The number of carbonyl (C=O) groups is 2. The summed E-state index contributed by atoms with van der Waals surface area (Å²) >= 11 is 0. The third-order valence-corrected chi connectivity index (χ3v) is 6.50. The number of ether oxygens (including phenoxy) is 2. The van der Waals surface area contributed by atoms with Gasteiger partial charge in [-0.2, -0.15) is 0 Å². The summed E-state index contributed by atoms with van der Waals surface area (Å²) in [6.45, 7) is 15.5. The molecule has 0 N–H and O–H groups in total. The summed E-state index contributed by atoms with van der Waals surface area (Å²) in [5.41, 5.74) is -0.0510. The van der Waals surface area contributed by atoms with Crippen LogP contribution < -0.4 is 0 Å². The normalized spacial score (nSPS) is 18.3. The zero-order chi connectivity index (χ0) is 25.6. The van der Waals surface area contributed by atoms with E-state index in [1.54, 1.807) is 0 Å². The number of unbranched alkanes of at least 4 members (excludes halogenated alkanes) is 3. The zero-order valence-corrected chi connectivity index (χ0v) is 23.2. The summed E-state index contributed by atoms with van der Waals surface area (Å²) in [6, 6.07) is 0. The third-order valence-electron chi connectivity index (χ3n) is 6.50. The zero-order valence-electron chi connectivity index (χ0n) is 23.2. The van der Waals surface area contributed by atoms with Crippen LogP contribution in [0.15, 0.2) is 23.7 Å². The SMILES string of the molecule is CCCCC1(CC(C)C)C=CC(OC(=O)CCCCC(C)C)=C(OC(=O)CCCCC(C)C)C1. The van der Waals surface area contributed by atoms with Gasteiger partial charge in [0.1, 0.15) is 0 Å². The van der Waals surface area contributed by atoms with Gasteiger partial charge < -0.3 is 9.47 Å². The molecular formula is C30H52O4. The number of esters is 2. The Morgan fingerprint density at radius 3 is 1.88 bits per heavy atom. The van der Waals surface area contributed by atoms with E-state index in [4.69, 9.17) is 9.47 Å². The summed E-state index contributed by atoms with van der Waals surface area (Å²) in [6.07, 6.45) is 15.8. The molecule has 0 radical (unpaired) electrons. The van der Waals surface area contributed by atoms with Crippen LogP contribution in [-0.4, -0.2) is 11.9 Å². The summed E-state index contributed by atoms with van der Waals surface area (Å²) < 4.78 is 11.6. The molecule has 1 atom stereocenters. The van der Waals surface area contributed by atoms with Crippen molar-refractivity contribution < 1.29 is 19.1 Å². The van der Waals surface area contributed by atoms with E-state index in [1.807, 2.05) is 6.08 Å². The summed E-state index contributed by atoms with van der Waals surface area (Å²) in [5, 5.41) is 0. The lowest BCUT2D eigenvalue weighted by Gasteiger charge is -2.36. The molecule has 0 saturated carbocycles. The van der Waals surface area contributed by atoms with Crippen LogP contribution in [0.2, 0.25) is 0 Å². The second-order valence-electron chi connectivity index (χ2n) is 11.6. The molecule has 0 aromatic heterocycles. The molecule has 196 valence electrons. The van der Waals surface area contributed by atoms with Crippen molar-refractivity contribution >= 4 is 11.9 Å². The molecule has 0 aromatic rings. The molecule has 1 aliphatic rings. The Kier molecular flexibility index (Phi) is 14.5. The van der Waals surface area contributed by atoms with Gasteiger partial charge in [-0.3, -0.25) is 9.59 Å². The fourth-order valence-electron chi connectivity index (χ4n) is 4.75. The van der Waals surface area contributed by atoms with E-state index >= 15 is 0 Å². The van der Waals surface area contributed by atoms with Gasteiger partial charge in [0.25, 0.3) is 0 Å². The van der Waals surface area contributed by atoms with Crippen molar-refractivity contribution in [2.45, 2.75) is 132 Å². The maximum atomic E-state index is 12.7. The smallest absolute Gasteiger partial charge is 0.311 e. The van der Waals surface area contributed by atoms with Gasteiger partial charge in [-0.25, -0.2) is 0 Å². The molecule has 34 heavy (non-hydrogen) atoms. The quantitative estimate of drug-likeness (QED) is 0.155. The van der Waals surface area contributed by atoms with E-state index in [0.29, 0.717) is 48.5 Å². The Bertz CT molecular complexity index is 671. The second-order valence-corrected chi connectivity index (χ2v) is 11.6. The Morgan fingerprint density at radius 2 is 1.38 bits per heavy atom. The highest BCUT2D eigenvalue weighted by Crippen LogP contribution is 2.44. The van der Waals surface area contributed by atoms with Gasteiger partial charge in [-0.15, -0.1) is 0 Å². The van der Waals surface area contributed by atoms with E-state index in [-0.39, 0.29) is 17.4 Å². The molecule has 1 rings (SSSR count). The predicted molar refractivity (Wildman–Crippen MR) is 141 cm³/mol. The Morgan fingerprint density at radius 1 is 0.824 bits per heavy atom. The van der Waals surface area contributed by atoms with Crippen LogP contribution in [0.1, 0.15) is 132 Å². The molecular weight excluding hydrogens is 424 g/mol. The van der Waals surface area contributed by atoms with Crippen molar-refractivity contribution in [2.24, 2.45) is 23.2 Å². The molecule has 0 heterocycles. The van der Waals surface area contributed by atoms with Crippen LogP contribution in [0.5, 0.6) is 0 Å². The molecule has 0 aromatic carbocycles. The minimum Gasteiger partial charge on any atom is -0.427 e. The summed E-state index contributed by atoms with van der Waals surface area (Å²) in [7, 11) is 0. The molecule has 0 bridgehead atoms. The van der Waals surface area contributed by atoms with Gasteiger partial charge in [-0.05, 0) is 54.9 Å². The fourth-order valence-corrected chi connectivity index (χ4v) is 4.75. The lowest BCUT2D eigenvalue weighted by molar-refractivity contribution is -0.144. The first kappa shape index (κ1) is 30.5. The van der Waals surface area contributed by atoms with Gasteiger partial charge >= 0.3 is 11.9 Å². The van der Waals surface area contributed by atoms with E-state index in [9.17, 15) is 9.59 Å². The lowest BCUT2D eigenvalue weighted by atomic mass is 9.71. The molecule has 1 aliphatic carbocycles. The molecule has 0 spiro atoms. The van der Waals surface area contributed by atoms with Crippen LogP contribution in [0, 0.1) is 23.2 Å². The molecule has 0 amide bonds. The van der Waals surface area contributed by atoms with E-state index in [0.717, 1.165) is 64.2 Å². The Hall–Kier alpha value is -1.58. The minimum absolute atomic E-state index is 0.0510. The first-order valence-electron chi connectivity index (χ1n) is 13.9. The van der Waals surface area contributed by atoms with E-state index in [2.05, 4.69) is 54.5 Å². The number of hydrogen-bond acceptors (Lipinski definition) is 4. The van der Waals surface area contributed by atoms with E-state index < -0.39 is 0 Å². The van der Waals surface area contributed by atoms with Gasteiger partial charge in [0, 0.05) is 19.3 Å². The van der Waals surface area contributed by atoms with E-state index in [1.165, 1.54) is 0 Å². The Balaban J connectivity index is 2.92. The maximum Gasteiger partial charge on any atom is 0.311 e. The molecule has 1 unspecified atom stereocenters. The molecule has 4 nitrogen and oxygen atoms in total. The Labute approximate surface area is 209 Å². The number of allylic oxidation sites excluding steroid dienone is 3. The number of rotatable bonds is 17. The number of carbonyl (C=O) groups excluding carboxylic acids is 2. The second kappa shape index (κ2) is 16.2. The van der Waals surface area contributed by atoms with Crippen molar-refractivity contribution in [3.05, 3.63) is 23.7 Å². The number of hydrogen-bond donors (Lipinski definition) is 0. The van der Waals surface area contributed by atoms with Crippen molar-refractivity contribution in [3.63, 3.8) is 0 Å². The highest BCUT2D eigenvalue weighted by atomic mass is 16.6. The molecule has 0 aliphatic heterocycles. The predicted octanol–water partition coefficient (Wildman–Crippen LogP) is 8.90. The van der Waals surface area contributed by atoms with Crippen LogP contribution >= 0.6 is 0 Å². The van der Waals surface area contributed by atoms with Crippen LogP contribution in [0.4, 0.5) is 0 Å². The minimum atomic E-state index is -0.237. The van der Waals surface area contributed by atoms with Crippen LogP contribution in [0.25, 0.3) is 0 Å². The van der Waals surface area contributed by atoms with Crippen molar-refractivity contribution in [2.75, 3.05) is 0 Å². The first-order chi connectivity index (χ1) is 16.1. The van der Waals surface area contributed by atoms with Crippen molar-refractivity contribution in [3.8, 4) is 0 Å². The highest BCUT2D eigenvalue weighted by molar-refractivity contribution is 5.72. The largest absolute Gasteiger partial charge is 0.427 e. The summed E-state index contributed by atoms with van der Waals surface area (Å²) in [4.78, 5) is 25.2. The molecule has 4 heteroatoms. The average molecular weight is 477 g/mol. The van der Waals surface area contributed by atoms with Gasteiger partial charge in [0.2, 0.25) is 0 Å². The fraction of sp³-hybridized carbons (Fsp3) is 0.800. The van der Waals surface area contributed by atoms with Crippen molar-refractivity contribution in [1.82, 2.24) is 0 Å². The van der Waals surface area contributed by atoms with Crippen LogP contribution in [-0.2, 0) is 19.1 Å². The first-order valence-corrected chi connectivity index (χ1v) is 13.9. The third kappa shape index (κ3) is 12.8. The molecule has 0 fully saturated rings. The van der Waals surface area contributed by atoms with Crippen LogP contribution in [0.3, 0.4) is 0 Å². The van der Waals surface area contributed by atoms with Gasteiger partial charge in [-0.1, -0.05) is 93.1 Å². The topological polar surface area (TPSA) is 52.6 Å². The standard InChI is InChI=1S/C30H52O4/c1-8-9-19-30(21-25(6)7)20-18-26(33-28(31)16-12-10-14-23(2)3)27(22-30)34-29(32)17-13-11-15-24(4)5/h18,20,23-25H,8-17,19,21-22H2,1-7H3. The lowest BCUT2D eigenvalue weighted by Crippen LogP contribution is -2.26. The van der Waals surface area contributed by atoms with Crippen molar-refractivity contribution in [1.29, 1.82) is 0 Å². The maximum absolute atomic E-state index is 12.7.